The van der Waals surface area contributed by atoms with Gasteiger partial charge in [0.05, 0.1) is 5.92 Å². The maximum Gasteiger partial charge on any atom is 0.231 e. The molecule has 0 N–H and O–H groups in total. The van der Waals surface area contributed by atoms with Gasteiger partial charge in [-0.3, -0.25) is 9.59 Å². The number of hydrogen-bond donors (Lipinski definition) is 0. The van der Waals surface area contributed by atoms with E-state index in [1.165, 1.54) is 0 Å². The van der Waals surface area contributed by atoms with Gasteiger partial charge in [-0.25, -0.2) is 0 Å². The van der Waals surface area contributed by atoms with Crippen molar-refractivity contribution in [2.24, 2.45) is 11.8 Å². The maximum atomic E-state index is 13.9. The summed E-state index contributed by atoms with van der Waals surface area (Å²) >= 11 is 1.67. The van der Waals surface area contributed by atoms with Gasteiger partial charge in [-0.1, -0.05) is 84.9 Å². The Morgan fingerprint density at radius 3 is 1.86 bits per heavy atom. The van der Waals surface area contributed by atoms with Crippen LogP contribution in [0.15, 0.2) is 114 Å². The molecule has 0 bridgehead atoms. The summed E-state index contributed by atoms with van der Waals surface area (Å²) in [6.45, 7) is 0.202. The zero-order chi connectivity index (χ0) is 24.7. The van der Waals surface area contributed by atoms with Crippen molar-refractivity contribution in [1.82, 2.24) is 0 Å². The minimum atomic E-state index is -0.823. The average molecular weight is 495 g/mol. The number of carbonyl (C=O) groups is 2. The Bertz CT molecular complexity index is 1270. The van der Waals surface area contributed by atoms with Gasteiger partial charge in [0.15, 0.2) is 23.1 Å². The van der Waals surface area contributed by atoms with Crippen LogP contribution in [0.4, 0.5) is 0 Å². The highest BCUT2D eigenvalue weighted by molar-refractivity contribution is 7.99. The smallest absolute Gasteiger partial charge is 0.231 e. The summed E-state index contributed by atoms with van der Waals surface area (Å²) in [6.07, 6.45) is 0.554. The van der Waals surface area contributed by atoms with E-state index in [-0.39, 0.29) is 24.3 Å². The predicted molar refractivity (Wildman–Crippen MR) is 142 cm³/mol. The third-order valence-corrected chi connectivity index (χ3v) is 7.50. The lowest BCUT2D eigenvalue weighted by atomic mass is 9.78. The summed E-state index contributed by atoms with van der Waals surface area (Å²) < 4.78 is 11.1. The molecule has 36 heavy (non-hydrogen) atoms. The number of thioether (sulfide) groups is 1. The van der Waals surface area contributed by atoms with Crippen LogP contribution < -0.4 is 9.47 Å². The zero-order valence-electron chi connectivity index (χ0n) is 19.7. The van der Waals surface area contributed by atoms with E-state index in [2.05, 4.69) is 12.1 Å². The van der Waals surface area contributed by atoms with Crippen molar-refractivity contribution in [3.63, 3.8) is 0 Å². The third kappa shape index (κ3) is 5.52. The Morgan fingerprint density at radius 1 is 0.694 bits per heavy atom. The molecule has 180 valence electrons. The van der Waals surface area contributed by atoms with Gasteiger partial charge in [0.2, 0.25) is 6.79 Å². The summed E-state index contributed by atoms with van der Waals surface area (Å²) in [6, 6.07) is 34.2. The van der Waals surface area contributed by atoms with Gasteiger partial charge in [-0.2, -0.15) is 0 Å². The van der Waals surface area contributed by atoms with Crippen LogP contribution in [0.1, 0.15) is 26.3 Å². The fraction of sp³-hybridized carbons (Fsp3) is 0.161. The van der Waals surface area contributed by atoms with Gasteiger partial charge in [-0.15, -0.1) is 11.8 Å². The number of hydrogen-bond acceptors (Lipinski definition) is 5. The highest BCUT2D eigenvalue weighted by Crippen LogP contribution is 2.36. The molecule has 0 aromatic heterocycles. The first-order valence-corrected chi connectivity index (χ1v) is 12.9. The largest absolute Gasteiger partial charge is 0.454 e. The second-order valence-electron chi connectivity index (χ2n) is 8.71. The molecule has 1 aliphatic heterocycles. The van der Waals surface area contributed by atoms with E-state index in [0.29, 0.717) is 34.8 Å². The minimum absolute atomic E-state index is 0.149. The first-order chi connectivity index (χ1) is 17.7. The van der Waals surface area contributed by atoms with E-state index in [9.17, 15) is 9.59 Å². The number of fused-ring (bicyclic) bond motifs is 1. The van der Waals surface area contributed by atoms with Crippen molar-refractivity contribution in [2.45, 2.75) is 11.3 Å². The Hall–Kier alpha value is -3.83. The molecule has 0 saturated carbocycles. The fourth-order valence-electron chi connectivity index (χ4n) is 4.47. The SMILES string of the molecule is O=C(c1ccccc1)C(C(=O)c1ccccc1)C(CSc1ccccc1)Cc1ccc2c(c1)OCO2. The number of carbonyl (C=O) groups excluding carboxylic acids is 2. The van der Waals surface area contributed by atoms with Crippen LogP contribution in [0.3, 0.4) is 0 Å². The summed E-state index contributed by atoms with van der Waals surface area (Å²) in [5, 5.41) is 0. The quantitative estimate of drug-likeness (QED) is 0.139. The molecule has 0 saturated heterocycles. The van der Waals surface area contributed by atoms with Crippen molar-refractivity contribution in [3.05, 3.63) is 126 Å². The van der Waals surface area contributed by atoms with Crippen LogP contribution >= 0.6 is 11.8 Å². The van der Waals surface area contributed by atoms with Crippen molar-refractivity contribution in [2.75, 3.05) is 12.5 Å². The van der Waals surface area contributed by atoms with Gasteiger partial charge in [0, 0.05) is 21.8 Å². The molecule has 0 fully saturated rings. The molecular weight excluding hydrogens is 468 g/mol. The summed E-state index contributed by atoms with van der Waals surface area (Å²) in [5.74, 6) is 0.661. The molecule has 4 aromatic carbocycles. The lowest BCUT2D eigenvalue weighted by Gasteiger charge is -2.26. The average Bonchev–Trinajstić information content (AvgIpc) is 3.41. The minimum Gasteiger partial charge on any atom is -0.454 e. The van der Waals surface area contributed by atoms with Crippen LogP contribution in [0.2, 0.25) is 0 Å². The van der Waals surface area contributed by atoms with E-state index in [0.717, 1.165) is 10.5 Å². The standard InChI is InChI=1S/C31H26O4S/c32-30(23-10-4-1-5-11-23)29(31(33)24-12-6-2-7-13-24)25(20-36-26-14-8-3-9-15-26)18-22-16-17-27-28(19-22)35-21-34-27/h1-17,19,25,29H,18,20-21H2. The Labute approximate surface area is 215 Å². The van der Waals surface area contributed by atoms with Gasteiger partial charge < -0.3 is 9.47 Å². The first kappa shape index (κ1) is 23.9. The van der Waals surface area contributed by atoms with Gasteiger partial charge in [0.1, 0.15) is 0 Å². The Balaban J connectivity index is 1.52. The predicted octanol–water partition coefficient (Wildman–Crippen LogP) is 6.75. The fourth-order valence-corrected chi connectivity index (χ4v) is 5.54. The van der Waals surface area contributed by atoms with Crippen molar-refractivity contribution in [1.29, 1.82) is 0 Å². The van der Waals surface area contributed by atoms with Gasteiger partial charge in [-0.05, 0) is 42.2 Å². The van der Waals surface area contributed by atoms with Crippen LogP contribution in [0.5, 0.6) is 11.5 Å². The number of rotatable bonds is 10. The Kier molecular flexibility index (Phi) is 7.48. The first-order valence-electron chi connectivity index (χ1n) is 11.9. The Morgan fingerprint density at radius 2 is 1.25 bits per heavy atom. The second kappa shape index (κ2) is 11.3. The molecule has 4 nitrogen and oxygen atoms in total. The molecule has 5 heteroatoms. The van der Waals surface area contributed by atoms with Gasteiger partial charge >= 0.3 is 0 Å². The van der Waals surface area contributed by atoms with Crippen molar-refractivity contribution in [3.8, 4) is 11.5 Å². The van der Waals surface area contributed by atoms with E-state index < -0.39 is 5.92 Å². The lowest BCUT2D eigenvalue weighted by Crippen LogP contribution is -2.34. The normalized spacial score (nSPS) is 12.9. The lowest BCUT2D eigenvalue weighted by molar-refractivity contribution is 0.0760. The van der Waals surface area contributed by atoms with Crippen LogP contribution in [-0.2, 0) is 6.42 Å². The van der Waals surface area contributed by atoms with Crippen LogP contribution in [0.25, 0.3) is 0 Å². The highest BCUT2D eigenvalue weighted by atomic mass is 32.2. The molecular formula is C31H26O4S. The third-order valence-electron chi connectivity index (χ3n) is 6.30. The second-order valence-corrected chi connectivity index (χ2v) is 9.81. The van der Waals surface area contributed by atoms with Gasteiger partial charge in [0.25, 0.3) is 0 Å². The zero-order valence-corrected chi connectivity index (χ0v) is 20.5. The van der Waals surface area contributed by atoms with Crippen molar-refractivity contribution >= 4 is 23.3 Å². The van der Waals surface area contributed by atoms with Crippen LogP contribution in [-0.4, -0.2) is 24.1 Å². The number of ether oxygens (including phenoxy) is 2. The topological polar surface area (TPSA) is 52.6 Å². The maximum absolute atomic E-state index is 13.9. The molecule has 0 spiro atoms. The van der Waals surface area contributed by atoms with E-state index >= 15 is 0 Å². The summed E-state index contributed by atoms with van der Waals surface area (Å²) in [7, 11) is 0. The molecule has 5 rings (SSSR count). The molecule has 1 atom stereocenters. The number of ketones is 2. The molecule has 1 unspecified atom stereocenters. The molecule has 1 aliphatic rings. The van der Waals surface area contributed by atoms with E-state index in [1.54, 1.807) is 36.0 Å². The summed E-state index contributed by atoms with van der Waals surface area (Å²) in [4.78, 5) is 28.9. The molecule has 0 radical (unpaired) electrons. The monoisotopic (exact) mass is 494 g/mol. The molecule has 1 heterocycles. The van der Waals surface area contributed by atoms with E-state index in [1.807, 2.05) is 72.8 Å². The molecule has 4 aromatic rings. The van der Waals surface area contributed by atoms with E-state index in [4.69, 9.17) is 9.47 Å². The van der Waals surface area contributed by atoms with Crippen molar-refractivity contribution < 1.29 is 19.1 Å². The highest BCUT2D eigenvalue weighted by Gasteiger charge is 2.36. The molecule has 0 amide bonds. The number of benzene rings is 4. The molecule has 0 aliphatic carbocycles. The summed E-state index contributed by atoms with van der Waals surface area (Å²) in [5.41, 5.74) is 2.10. The number of Topliss-reactive ketones (excluding diaryl/α,β-unsaturated/α-hetero) is 2. The van der Waals surface area contributed by atoms with Crippen LogP contribution in [0, 0.1) is 11.8 Å².